The molecule has 221 valence electrons. The summed E-state index contributed by atoms with van der Waals surface area (Å²) in [6.45, 7) is 6.25. The van der Waals surface area contributed by atoms with Crippen molar-refractivity contribution in [3.63, 3.8) is 0 Å². The van der Waals surface area contributed by atoms with E-state index in [4.69, 9.17) is 9.40 Å². The van der Waals surface area contributed by atoms with Crippen molar-refractivity contribution in [1.82, 2.24) is 15.0 Å². The molecule has 0 saturated heterocycles. The van der Waals surface area contributed by atoms with Gasteiger partial charge in [-0.25, -0.2) is 4.98 Å². The molecule has 45 heavy (non-hydrogen) atoms. The number of benzene rings is 4. The van der Waals surface area contributed by atoms with E-state index in [1.807, 2.05) is 73.8 Å². The van der Waals surface area contributed by atoms with E-state index in [0.29, 0.717) is 5.71 Å². The molecule has 0 spiro atoms. The van der Waals surface area contributed by atoms with E-state index in [9.17, 15) is 0 Å². The summed E-state index contributed by atoms with van der Waals surface area (Å²) in [6, 6.07) is 43.4. The first-order chi connectivity index (χ1) is 21.5. The summed E-state index contributed by atoms with van der Waals surface area (Å²) in [5.41, 5.74) is 10.9. The van der Waals surface area contributed by atoms with Gasteiger partial charge in [-0.1, -0.05) is 59.5 Å². The largest absolute Gasteiger partial charge is 0.486 e. The van der Waals surface area contributed by atoms with Crippen molar-refractivity contribution < 1.29 is 24.5 Å². The first kappa shape index (κ1) is 30.1. The Labute approximate surface area is 276 Å². The summed E-state index contributed by atoms with van der Waals surface area (Å²) in [5, 5.41) is 4.53. The van der Waals surface area contributed by atoms with E-state index < -0.39 is 0 Å². The predicted octanol–water partition coefficient (Wildman–Crippen LogP) is 10.1. The second kappa shape index (κ2) is 13.0. The van der Waals surface area contributed by atoms with E-state index in [1.54, 1.807) is 6.20 Å². The molecule has 4 nitrogen and oxygen atoms in total. The Bertz CT molecular complexity index is 2220. The number of rotatable bonds is 3. The normalized spacial score (nSPS) is 10.8. The number of fused-ring (bicyclic) bond motifs is 4. The van der Waals surface area contributed by atoms with Crippen LogP contribution in [0.25, 0.3) is 66.5 Å². The third kappa shape index (κ3) is 6.06. The topological polar surface area (TPSA) is 51.8 Å². The van der Waals surface area contributed by atoms with Gasteiger partial charge in [0, 0.05) is 43.6 Å². The van der Waals surface area contributed by atoms with Crippen LogP contribution in [-0.4, -0.2) is 15.0 Å². The predicted molar refractivity (Wildman–Crippen MR) is 179 cm³/mol. The summed E-state index contributed by atoms with van der Waals surface area (Å²) in [4.78, 5) is 13.5. The van der Waals surface area contributed by atoms with Crippen molar-refractivity contribution in [3.8, 4) is 33.6 Å². The number of hydrogen-bond donors (Lipinski definition) is 0. The van der Waals surface area contributed by atoms with Crippen molar-refractivity contribution in [2.45, 2.75) is 20.8 Å². The van der Waals surface area contributed by atoms with Gasteiger partial charge in [0.05, 0.1) is 5.58 Å². The van der Waals surface area contributed by atoms with Crippen molar-refractivity contribution >= 4 is 32.8 Å². The molecule has 0 amide bonds. The van der Waals surface area contributed by atoms with Crippen LogP contribution in [0.2, 0.25) is 0 Å². The van der Waals surface area contributed by atoms with E-state index in [1.165, 1.54) is 27.5 Å². The summed E-state index contributed by atoms with van der Waals surface area (Å²) in [7, 11) is 0. The molecule has 0 aliphatic heterocycles. The van der Waals surface area contributed by atoms with Crippen molar-refractivity contribution in [3.05, 3.63) is 151 Å². The van der Waals surface area contributed by atoms with Crippen LogP contribution in [-0.2, 0) is 20.1 Å². The zero-order valence-corrected chi connectivity index (χ0v) is 27.5. The maximum Gasteiger partial charge on any atom is 0.216 e. The fourth-order valence-corrected chi connectivity index (χ4v) is 5.57. The third-order valence-electron chi connectivity index (χ3n) is 7.83. The Kier molecular flexibility index (Phi) is 8.66. The molecular weight excluding hydrogens is 731 g/mol. The summed E-state index contributed by atoms with van der Waals surface area (Å²) >= 11 is 0. The molecule has 0 atom stereocenters. The van der Waals surface area contributed by atoms with Gasteiger partial charge in [0.1, 0.15) is 0 Å². The van der Waals surface area contributed by atoms with Gasteiger partial charge in [-0.05, 0) is 89.5 Å². The van der Waals surface area contributed by atoms with Crippen LogP contribution >= 0.6 is 0 Å². The van der Waals surface area contributed by atoms with Gasteiger partial charge in [0.15, 0.2) is 0 Å². The van der Waals surface area contributed by atoms with Gasteiger partial charge in [0.25, 0.3) is 0 Å². The molecule has 4 aromatic carbocycles. The summed E-state index contributed by atoms with van der Waals surface area (Å²) in [6.07, 6.45) is 3.73. The van der Waals surface area contributed by atoms with Gasteiger partial charge in [-0.3, -0.25) is 0 Å². The van der Waals surface area contributed by atoms with Crippen LogP contribution in [0.3, 0.4) is 0 Å². The molecular formula is C40H29IrN3O-2. The Morgan fingerprint density at radius 1 is 0.622 bits per heavy atom. The van der Waals surface area contributed by atoms with E-state index >= 15 is 0 Å². The number of nitrogens with zero attached hydrogens (tertiary/aromatic N) is 3. The average molecular weight is 760 g/mol. The molecule has 0 N–H and O–H groups in total. The Morgan fingerprint density at radius 3 is 2.18 bits per heavy atom. The molecule has 0 bridgehead atoms. The van der Waals surface area contributed by atoms with Crippen LogP contribution < -0.4 is 0 Å². The smallest absolute Gasteiger partial charge is 0.216 e. The monoisotopic (exact) mass is 760 g/mol. The fraction of sp³-hybridized carbons (Fsp3) is 0.0750. The minimum Gasteiger partial charge on any atom is -0.486 e. The van der Waals surface area contributed by atoms with Crippen LogP contribution in [0.5, 0.6) is 0 Å². The molecule has 0 unspecified atom stereocenters. The molecule has 4 heterocycles. The molecule has 5 heteroatoms. The zero-order chi connectivity index (χ0) is 30.0. The van der Waals surface area contributed by atoms with Crippen LogP contribution in [0.15, 0.2) is 126 Å². The van der Waals surface area contributed by atoms with Gasteiger partial charge >= 0.3 is 0 Å². The quantitative estimate of drug-likeness (QED) is 0.168. The number of pyridine rings is 3. The Morgan fingerprint density at radius 2 is 1.40 bits per heavy atom. The Balaban J connectivity index is 0.000000231. The first-order valence-corrected chi connectivity index (χ1v) is 14.6. The number of hydrogen-bond acceptors (Lipinski definition) is 4. The third-order valence-corrected chi connectivity index (χ3v) is 7.83. The minimum atomic E-state index is 0. The fourth-order valence-electron chi connectivity index (χ4n) is 5.57. The van der Waals surface area contributed by atoms with Crippen molar-refractivity contribution in [1.29, 1.82) is 0 Å². The van der Waals surface area contributed by atoms with Gasteiger partial charge in [-0.2, -0.15) is 0 Å². The van der Waals surface area contributed by atoms with Crippen LogP contribution in [0.1, 0.15) is 16.8 Å². The standard InChI is InChI=1S/C29H21N2O.C11H8N.Ir/c1-17-13-20-7-4-5-8-21(20)14-25(17)26-15-27(30-16-18(26)2)24-10-6-9-22-23-12-11-19(3)31-29(23)32-28(22)24;1-2-6-10(7-3-1)11-8-4-5-9-12-11;/h4-9,11-16H,1-3H3;1-6,8-9H;/q2*-1;. The molecule has 0 fully saturated rings. The zero-order valence-electron chi connectivity index (χ0n) is 25.1. The van der Waals surface area contributed by atoms with Crippen LogP contribution in [0, 0.1) is 32.9 Å². The number of aryl methyl sites for hydroxylation is 3. The average Bonchev–Trinajstić information content (AvgIpc) is 3.44. The van der Waals surface area contributed by atoms with Crippen molar-refractivity contribution in [2.75, 3.05) is 0 Å². The number of furan rings is 1. The summed E-state index contributed by atoms with van der Waals surface area (Å²) in [5.74, 6) is 0. The maximum absolute atomic E-state index is 6.19. The molecule has 8 aromatic rings. The molecule has 0 aliphatic rings. The minimum absolute atomic E-state index is 0. The molecule has 1 radical (unpaired) electrons. The first-order valence-electron chi connectivity index (χ1n) is 14.6. The SMILES string of the molecule is Cc1ccc2c(n1)oc1c(-c3cc(-c4cc5ccccc5cc4C)c(C)cn3)[c-]ccc12.[Ir].[c-]1ccccc1-c1ccccn1. The van der Waals surface area contributed by atoms with E-state index in [-0.39, 0.29) is 20.1 Å². The summed E-state index contributed by atoms with van der Waals surface area (Å²) < 4.78 is 6.19. The second-order valence-corrected chi connectivity index (χ2v) is 10.9. The van der Waals surface area contributed by atoms with Crippen LogP contribution in [0.4, 0.5) is 0 Å². The molecule has 0 aliphatic carbocycles. The van der Waals surface area contributed by atoms with E-state index in [0.717, 1.165) is 50.1 Å². The van der Waals surface area contributed by atoms with Gasteiger partial charge in [-0.15, -0.1) is 54.1 Å². The molecule has 4 aromatic heterocycles. The Hall–Kier alpha value is -4.96. The molecule has 8 rings (SSSR count). The van der Waals surface area contributed by atoms with E-state index in [2.05, 4.69) is 84.5 Å². The second-order valence-electron chi connectivity index (χ2n) is 10.9. The van der Waals surface area contributed by atoms with Gasteiger partial charge < -0.3 is 14.4 Å². The van der Waals surface area contributed by atoms with Crippen molar-refractivity contribution in [2.24, 2.45) is 0 Å². The maximum atomic E-state index is 6.19. The molecule has 0 saturated carbocycles. The van der Waals surface area contributed by atoms with Gasteiger partial charge in [0.2, 0.25) is 5.71 Å². The number of aromatic nitrogens is 3.